The van der Waals surface area contributed by atoms with E-state index in [0.29, 0.717) is 0 Å². The summed E-state index contributed by atoms with van der Waals surface area (Å²) in [5.74, 6) is 0. The molecule has 0 aromatic heterocycles. The highest BCUT2D eigenvalue weighted by Crippen LogP contribution is 1.85. The van der Waals surface area contributed by atoms with Crippen LogP contribution in [0.5, 0.6) is 0 Å². The number of hydrogen-bond acceptors (Lipinski definition) is 5. The molecule has 7 nitrogen and oxygen atoms in total. The topological polar surface area (TPSA) is 135 Å². The Labute approximate surface area is 70.8 Å². The molecule has 0 saturated heterocycles. The molecule has 0 heterocycles. The Bertz CT molecular complexity index is 133. The average molecular weight is 202 g/mol. The van der Waals surface area contributed by atoms with Gasteiger partial charge < -0.3 is 20.1 Å². The fourth-order valence-electron chi connectivity index (χ4n) is 0.199. The molecular formula is C4H10O7S. The average Bonchev–Trinajstić information content (AvgIpc) is 2.00. The smallest absolute Gasteiger partial charge is 0.299 e. The lowest BCUT2D eigenvalue weighted by atomic mass is 10.2. The van der Waals surface area contributed by atoms with Crippen molar-refractivity contribution in [1.82, 2.24) is 0 Å². The Hall–Kier alpha value is -0.380. The van der Waals surface area contributed by atoms with Crippen molar-refractivity contribution in [3.8, 4) is 0 Å². The molecule has 2 atom stereocenters. The zero-order valence-electron chi connectivity index (χ0n) is 5.90. The molecule has 0 aliphatic rings. The third-order valence-corrected chi connectivity index (χ3v) is 0.721. The summed E-state index contributed by atoms with van der Waals surface area (Å²) in [4.78, 5) is 9.58. The minimum absolute atomic E-state index is 0.168. The van der Waals surface area contributed by atoms with Crippen LogP contribution in [0, 0.1) is 0 Å². The van der Waals surface area contributed by atoms with E-state index in [0.717, 1.165) is 0 Å². The van der Waals surface area contributed by atoms with Crippen LogP contribution in [0.1, 0.15) is 0 Å². The SMILES string of the molecule is O=C[C@H](O)[C@H](O)CO.O=S(O)O. The van der Waals surface area contributed by atoms with Crippen LogP contribution in [0.2, 0.25) is 0 Å². The second kappa shape index (κ2) is 8.71. The predicted molar refractivity (Wildman–Crippen MR) is 38.6 cm³/mol. The van der Waals surface area contributed by atoms with Gasteiger partial charge in [0, 0.05) is 0 Å². The van der Waals surface area contributed by atoms with Gasteiger partial charge >= 0.3 is 0 Å². The highest BCUT2D eigenvalue weighted by atomic mass is 32.2. The molecule has 0 fully saturated rings. The largest absolute Gasteiger partial charge is 0.394 e. The number of aliphatic hydroxyl groups is 3. The van der Waals surface area contributed by atoms with Crippen molar-refractivity contribution in [2.45, 2.75) is 12.2 Å². The number of aldehydes is 1. The lowest BCUT2D eigenvalue weighted by molar-refractivity contribution is -0.121. The molecule has 0 aliphatic heterocycles. The maximum atomic E-state index is 9.58. The molecule has 0 radical (unpaired) electrons. The van der Waals surface area contributed by atoms with Gasteiger partial charge in [-0.25, -0.2) is 0 Å². The molecule has 0 bridgehead atoms. The quantitative estimate of drug-likeness (QED) is 0.254. The number of hydrogen-bond donors (Lipinski definition) is 5. The van der Waals surface area contributed by atoms with E-state index >= 15 is 0 Å². The molecule has 74 valence electrons. The van der Waals surface area contributed by atoms with Crippen LogP contribution in [-0.4, -0.2) is 53.7 Å². The van der Waals surface area contributed by atoms with Crippen LogP contribution in [0.4, 0.5) is 0 Å². The van der Waals surface area contributed by atoms with E-state index in [2.05, 4.69) is 0 Å². The molecule has 12 heavy (non-hydrogen) atoms. The third-order valence-electron chi connectivity index (χ3n) is 0.721. The fourth-order valence-corrected chi connectivity index (χ4v) is 0.199. The summed E-state index contributed by atoms with van der Waals surface area (Å²) in [6.07, 6.45) is -2.63. The van der Waals surface area contributed by atoms with Crippen LogP contribution < -0.4 is 0 Å². The highest BCUT2D eigenvalue weighted by molar-refractivity contribution is 7.73. The van der Waals surface area contributed by atoms with E-state index in [4.69, 9.17) is 28.6 Å². The molecule has 8 heteroatoms. The molecular weight excluding hydrogens is 192 g/mol. The van der Waals surface area contributed by atoms with Crippen LogP contribution in [-0.2, 0) is 16.2 Å². The summed E-state index contributed by atoms with van der Waals surface area (Å²) in [6.45, 7) is -0.597. The van der Waals surface area contributed by atoms with Crippen LogP contribution in [0.15, 0.2) is 0 Å². The van der Waals surface area contributed by atoms with Crippen molar-refractivity contribution >= 4 is 17.6 Å². The van der Waals surface area contributed by atoms with Gasteiger partial charge in [0.2, 0.25) is 0 Å². The first-order valence-corrected chi connectivity index (χ1v) is 3.74. The van der Waals surface area contributed by atoms with Crippen molar-refractivity contribution in [2.24, 2.45) is 0 Å². The first kappa shape index (κ1) is 14.2. The molecule has 0 amide bonds. The van der Waals surface area contributed by atoms with Gasteiger partial charge in [-0.05, 0) is 0 Å². The second-order valence-corrected chi connectivity index (χ2v) is 2.07. The van der Waals surface area contributed by atoms with E-state index < -0.39 is 30.2 Å². The fraction of sp³-hybridized carbons (Fsp3) is 0.750. The minimum Gasteiger partial charge on any atom is -0.394 e. The van der Waals surface area contributed by atoms with Crippen LogP contribution >= 0.6 is 0 Å². The van der Waals surface area contributed by atoms with Gasteiger partial charge in [0.1, 0.15) is 12.2 Å². The van der Waals surface area contributed by atoms with Crippen molar-refractivity contribution in [3.63, 3.8) is 0 Å². The van der Waals surface area contributed by atoms with Crippen molar-refractivity contribution in [2.75, 3.05) is 6.61 Å². The summed E-state index contributed by atoms with van der Waals surface area (Å²) in [5, 5.41) is 24.8. The number of aliphatic hydroxyl groups excluding tert-OH is 3. The number of rotatable bonds is 3. The lowest BCUT2D eigenvalue weighted by Crippen LogP contribution is -2.30. The van der Waals surface area contributed by atoms with Crippen LogP contribution in [0.3, 0.4) is 0 Å². The number of carbonyl (C=O) groups excluding carboxylic acids is 1. The Balaban J connectivity index is 0. The standard InChI is InChI=1S/C4H8O4.H2O3S/c5-1-3(7)4(8)2-6;1-4(2)3/h1,3-4,6-8H,2H2;(H2,1,2,3)/t3-,4+;/m0./s1. The summed E-state index contributed by atoms with van der Waals surface area (Å²) >= 11 is -2.61. The maximum absolute atomic E-state index is 9.58. The van der Waals surface area contributed by atoms with Gasteiger partial charge in [0.15, 0.2) is 6.29 Å². The zero-order chi connectivity index (χ0) is 10.1. The van der Waals surface area contributed by atoms with Gasteiger partial charge in [-0.2, -0.15) is 4.21 Å². The zero-order valence-corrected chi connectivity index (χ0v) is 6.72. The Morgan fingerprint density at radius 3 is 1.75 bits per heavy atom. The van der Waals surface area contributed by atoms with E-state index in [1.54, 1.807) is 0 Å². The Kier molecular flexibility index (Phi) is 10.3. The van der Waals surface area contributed by atoms with Gasteiger partial charge in [-0.1, -0.05) is 0 Å². The van der Waals surface area contributed by atoms with Gasteiger partial charge in [-0.15, -0.1) is 0 Å². The van der Waals surface area contributed by atoms with E-state index in [1.165, 1.54) is 0 Å². The summed E-state index contributed by atoms with van der Waals surface area (Å²) in [5.41, 5.74) is 0. The first-order chi connectivity index (χ1) is 5.45. The monoisotopic (exact) mass is 202 g/mol. The van der Waals surface area contributed by atoms with Gasteiger partial charge in [-0.3, -0.25) is 9.11 Å². The molecule has 0 saturated carbocycles. The van der Waals surface area contributed by atoms with Crippen molar-refractivity contribution < 1.29 is 33.4 Å². The van der Waals surface area contributed by atoms with Crippen molar-refractivity contribution in [1.29, 1.82) is 0 Å². The summed E-state index contributed by atoms with van der Waals surface area (Å²) in [6, 6.07) is 0. The molecule has 0 rings (SSSR count). The van der Waals surface area contributed by atoms with Crippen LogP contribution in [0.25, 0.3) is 0 Å². The number of carbonyl (C=O) groups is 1. The molecule has 0 aromatic rings. The second-order valence-electron chi connectivity index (χ2n) is 1.61. The lowest BCUT2D eigenvalue weighted by Gasteiger charge is -2.06. The minimum atomic E-state index is -2.61. The van der Waals surface area contributed by atoms with E-state index in [1.807, 2.05) is 0 Å². The molecule has 0 unspecified atom stereocenters. The molecule has 5 N–H and O–H groups in total. The summed E-state index contributed by atoms with van der Waals surface area (Å²) in [7, 11) is 0. The van der Waals surface area contributed by atoms with Gasteiger partial charge in [0.25, 0.3) is 11.4 Å². The van der Waals surface area contributed by atoms with E-state index in [9.17, 15) is 4.79 Å². The maximum Gasteiger partial charge on any atom is 0.299 e. The Morgan fingerprint density at radius 2 is 1.67 bits per heavy atom. The van der Waals surface area contributed by atoms with E-state index in [-0.39, 0.29) is 6.29 Å². The predicted octanol–water partition coefficient (Wildman–Crippen LogP) is -2.42. The summed E-state index contributed by atoms with van der Waals surface area (Å²) < 4.78 is 22.8. The third kappa shape index (κ3) is 12.3. The van der Waals surface area contributed by atoms with Crippen molar-refractivity contribution in [3.05, 3.63) is 0 Å². The van der Waals surface area contributed by atoms with Gasteiger partial charge in [0.05, 0.1) is 6.61 Å². The first-order valence-electron chi connectivity index (χ1n) is 2.68. The molecule has 0 aromatic carbocycles. The molecule has 0 spiro atoms. The highest BCUT2D eigenvalue weighted by Gasteiger charge is 2.12. The molecule has 0 aliphatic carbocycles. The Morgan fingerprint density at radius 1 is 1.33 bits per heavy atom. The normalized spacial score (nSPS) is 14.5.